The fraction of sp³-hybridized carbons (Fsp3) is 0.657. The van der Waals surface area contributed by atoms with Crippen LogP contribution in [0.15, 0.2) is 30.3 Å². The first kappa shape index (κ1) is 42.9. The van der Waals surface area contributed by atoms with Gasteiger partial charge >= 0.3 is 12.0 Å². The van der Waals surface area contributed by atoms with Crippen LogP contribution in [0.5, 0.6) is 0 Å². The first-order valence-electron chi connectivity index (χ1n) is 16.8. The predicted octanol–water partition coefficient (Wildman–Crippen LogP) is 4.10. The highest BCUT2D eigenvalue weighted by molar-refractivity contribution is 6.37. The van der Waals surface area contributed by atoms with Crippen molar-refractivity contribution in [1.29, 1.82) is 0 Å². The molecule has 0 spiro atoms. The number of benzene rings is 1. The number of nitrogens with zero attached hydrogens (tertiary/aromatic N) is 1. The van der Waals surface area contributed by atoms with Gasteiger partial charge in [-0.05, 0) is 36.2 Å². The third-order valence-electron chi connectivity index (χ3n) is 7.21. The van der Waals surface area contributed by atoms with E-state index >= 15 is 0 Å². The van der Waals surface area contributed by atoms with E-state index in [2.05, 4.69) is 50.6 Å². The number of rotatable bonds is 12. The zero-order valence-corrected chi connectivity index (χ0v) is 30.1. The Morgan fingerprint density at radius 3 is 2.06 bits per heavy atom. The number of carbonyl (C=O) groups is 6. The van der Waals surface area contributed by atoms with E-state index < -0.39 is 90.3 Å². The van der Waals surface area contributed by atoms with Crippen LogP contribution in [0.1, 0.15) is 93.1 Å². The van der Waals surface area contributed by atoms with Crippen LogP contribution in [0, 0.1) is 17.3 Å². The number of likely N-dealkylation sites (tertiary alicyclic amines) is 1. The van der Waals surface area contributed by atoms with E-state index in [1.54, 1.807) is 45.0 Å². The standard InChI is InChI=1S/C28H37F2N5O7.C4H10.C3H8/c1-27(2,3)22(34-26(41)32-14-20(36)42-15-16-8-5-4-6-9-16)25(40)35-11-7-10-19(35)24(39)33-18(21(37)23(31)38)12-17-13-28(17,29)30;1-4(2)3;1-3-2/h4-6,8-9,17-19,22H,7,10-15H2,1-3H3,(H2,31,38)(H,33,39)(H2,32,34,41);4H,1-3H3;3H2,1-2H3. The molecule has 1 saturated carbocycles. The normalized spacial score (nSPS) is 18.7. The molecule has 2 fully saturated rings. The van der Waals surface area contributed by atoms with Crippen molar-refractivity contribution in [2.45, 2.75) is 118 Å². The van der Waals surface area contributed by atoms with Gasteiger partial charge in [0.15, 0.2) is 0 Å². The minimum atomic E-state index is -2.99. The van der Waals surface area contributed by atoms with Crippen molar-refractivity contribution in [3.8, 4) is 0 Å². The van der Waals surface area contributed by atoms with E-state index in [-0.39, 0.29) is 19.6 Å². The molecule has 12 nitrogen and oxygen atoms in total. The molecular weight excluding hydrogens is 640 g/mol. The summed E-state index contributed by atoms with van der Waals surface area (Å²) >= 11 is 0. The number of esters is 1. The van der Waals surface area contributed by atoms with Gasteiger partial charge in [-0.1, -0.05) is 92.1 Å². The molecule has 4 atom stereocenters. The zero-order valence-electron chi connectivity index (χ0n) is 30.1. The minimum Gasteiger partial charge on any atom is -0.460 e. The SMILES string of the molecule is CC(C)(C)C(NC(=O)NCC(=O)OCc1ccccc1)C(=O)N1CCCC1C(=O)NC(CC1CC1(F)F)C(=O)C(N)=O.CC(C)C.CCC. The quantitative estimate of drug-likeness (QED) is 0.188. The molecule has 0 aromatic heterocycles. The second-order valence-corrected chi connectivity index (χ2v) is 14.1. The third kappa shape index (κ3) is 15.3. The van der Waals surface area contributed by atoms with E-state index in [0.29, 0.717) is 6.42 Å². The van der Waals surface area contributed by atoms with Crippen LogP contribution in [-0.2, 0) is 35.3 Å². The summed E-state index contributed by atoms with van der Waals surface area (Å²) in [5.74, 6) is -7.95. The zero-order chi connectivity index (χ0) is 37.5. The molecule has 5 amide bonds. The lowest BCUT2D eigenvalue weighted by molar-refractivity contribution is -0.143. The summed E-state index contributed by atoms with van der Waals surface area (Å²) in [5.41, 5.74) is 5.01. The Bertz CT molecular complexity index is 1270. The molecule has 14 heteroatoms. The van der Waals surface area contributed by atoms with E-state index in [4.69, 9.17) is 10.5 Å². The Balaban J connectivity index is 0.00000157. The number of hydrogen-bond donors (Lipinski definition) is 4. The average molecular weight is 696 g/mol. The Kier molecular flexibility index (Phi) is 17.3. The van der Waals surface area contributed by atoms with Crippen LogP contribution < -0.4 is 21.7 Å². The maximum Gasteiger partial charge on any atom is 0.325 e. The summed E-state index contributed by atoms with van der Waals surface area (Å²) in [6.07, 6.45) is 0.965. The molecule has 1 aliphatic heterocycles. The van der Waals surface area contributed by atoms with Gasteiger partial charge < -0.3 is 31.3 Å². The van der Waals surface area contributed by atoms with Crippen molar-refractivity contribution >= 4 is 35.5 Å². The van der Waals surface area contributed by atoms with Crippen molar-refractivity contribution in [3.05, 3.63) is 35.9 Å². The second-order valence-electron chi connectivity index (χ2n) is 14.1. The molecule has 3 rings (SSSR count). The Morgan fingerprint density at radius 1 is 1.02 bits per heavy atom. The van der Waals surface area contributed by atoms with Gasteiger partial charge in [0.05, 0.1) is 6.04 Å². The lowest BCUT2D eigenvalue weighted by Crippen LogP contribution is -2.60. The maximum atomic E-state index is 13.6. The monoisotopic (exact) mass is 695 g/mol. The summed E-state index contributed by atoms with van der Waals surface area (Å²) in [5, 5.41) is 7.26. The number of Topliss-reactive ketones (excluding diaryl/α,β-unsaturated/α-hetero) is 1. The van der Waals surface area contributed by atoms with Crippen LogP contribution in [-0.4, -0.2) is 77.5 Å². The summed E-state index contributed by atoms with van der Waals surface area (Å²) in [6, 6.07) is 4.42. The number of ether oxygens (including phenoxy) is 1. The number of primary amides is 1. The Hall–Kier alpha value is -4.10. The fourth-order valence-corrected chi connectivity index (χ4v) is 4.72. The molecule has 1 saturated heterocycles. The van der Waals surface area contributed by atoms with Crippen LogP contribution in [0.4, 0.5) is 13.6 Å². The molecule has 0 radical (unpaired) electrons. The number of ketones is 1. The molecule has 1 aromatic carbocycles. The van der Waals surface area contributed by atoms with E-state index in [0.717, 1.165) is 11.5 Å². The average Bonchev–Trinajstić information content (AvgIpc) is 3.36. The topological polar surface area (TPSA) is 177 Å². The number of nitrogens with two attached hydrogens (primary N) is 1. The van der Waals surface area contributed by atoms with Crippen LogP contribution in [0.25, 0.3) is 0 Å². The molecule has 1 heterocycles. The lowest BCUT2D eigenvalue weighted by Gasteiger charge is -2.35. The van der Waals surface area contributed by atoms with Crippen molar-refractivity contribution in [3.63, 3.8) is 0 Å². The molecular formula is C35H55F2N5O7. The lowest BCUT2D eigenvalue weighted by atomic mass is 9.85. The van der Waals surface area contributed by atoms with Gasteiger partial charge in [-0.3, -0.25) is 24.0 Å². The molecule has 1 aromatic rings. The van der Waals surface area contributed by atoms with Gasteiger partial charge in [-0.2, -0.15) is 0 Å². The highest BCUT2D eigenvalue weighted by atomic mass is 19.3. The first-order valence-corrected chi connectivity index (χ1v) is 16.8. The van der Waals surface area contributed by atoms with Gasteiger partial charge in [-0.25, -0.2) is 13.6 Å². The number of hydrogen-bond acceptors (Lipinski definition) is 7. The number of carbonyl (C=O) groups excluding carboxylic acids is 6. The highest BCUT2D eigenvalue weighted by Gasteiger charge is 2.58. The Morgan fingerprint density at radius 2 is 1.57 bits per heavy atom. The number of urea groups is 1. The maximum absolute atomic E-state index is 13.6. The first-order chi connectivity index (χ1) is 22.7. The number of amides is 5. The van der Waals surface area contributed by atoms with E-state index in [9.17, 15) is 37.5 Å². The number of halogens is 2. The van der Waals surface area contributed by atoms with E-state index in [1.165, 1.54) is 11.3 Å². The van der Waals surface area contributed by atoms with Crippen molar-refractivity contribution < 1.29 is 42.3 Å². The summed E-state index contributed by atoms with van der Waals surface area (Å²) < 4.78 is 32.1. The summed E-state index contributed by atoms with van der Waals surface area (Å²) in [6.45, 7) is 15.6. The molecule has 2 aliphatic rings. The largest absolute Gasteiger partial charge is 0.460 e. The van der Waals surface area contributed by atoms with Crippen LogP contribution in [0.3, 0.4) is 0 Å². The molecule has 49 heavy (non-hydrogen) atoms. The van der Waals surface area contributed by atoms with Crippen LogP contribution >= 0.6 is 0 Å². The smallest absolute Gasteiger partial charge is 0.325 e. The van der Waals surface area contributed by atoms with Crippen molar-refractivity contribution in [1.82, 2.24) is 20.9 Å². The molecule has 1 aliphatic carbocycles. The van der Waals surface area contributed by atoms with E-state index in [1.807, 2.05) is 6.07 Å². The summed E-state index contributed by atoms with van der Waals surface area (Å²) in [7, 11) is 0. The fourth-order valence-electron chi connectivity index (χ4n) is 4.72. The van der Waals surface area contributed by atoms with Crippen molar-refractivity contribution in [2.24, 2.45) is 23.0 Å². The minimum absolute atomic E-state index is 0.0272. The second kappa shape index (κ2) is 19.8. The van der Waals surface area contributed by atoms with Gasteiger partial charge in [0.1, 0.15) is 25.2 Å². The van der Waals surface area contributed by atoms with Gasteiger partial charge in [0.25, 0.3) is 11.8 Å². The van der Waals surface area contributed by atoms with Crippen LogP contribution in [0.2, 0.25) is 0 Å². The summed E-state index contributed by atoms with van der Waals surface area (Å²) in [4.78, 5) is 76.5. The number of alkyl halides is 2. The van der Waals surface area contributed by atoms with Gasteiger partial charge in [-0.15, -0.1) is 0 Å². The molecule has 0 bridgehead atoms. The highest BCUT2D eigenvalue weighted by Crippen LogP contribution is 2.51. The molecule has 276 valence electrons. The molecule has 4 unspecified atom stereocenters. The number of nitrogens with one attached hydrogen (secondary N) is 3. The van der Waals surface area contributed by atoms with Gasteiger partial charge in [0.2, 0.25) is 17.6 Å². The predicted molar refractivity (Wildman–Crippen MR) is 181 cm³/mol. The third-order valence-corrected chi connectivity index (χ3v) is 7.21. The van der Waals surface area contributed by atoms with Crippen molar-refractivity contribution in [2.75, 3.05) is 13.1 Å². The van der Waals surface area contributed by atoms with Gasteiger partial charge in [0, 0.05) is 18.9 Å². The Labute approximate surface area is 288 Å². The molecule has 5 N–H and O–H groups in total.